The van der Waals surface area contributed by atoms with Crippen molar-refractivity contribution in [3.63, 3.8) is 0 Å². The van der Waals surface area contributed by atoms with Crippen LogP contribution in [0.5, 0.6) is 5.75 Å². The first-order valence-corrected chi connectivity index (χ1v) is 10.6. The molecule has 0 saturated heterocycles. The average Bonchev–Trinajstić information content (AvgIpc) is 3.30. The van der Waals surface area contributed by atoms with Gasteiger partial charge >= 0.3 is 0 Å². The summed E-state index contributed by atoms with van der Waals surface area (Å²) in [5, 5.41) is 0. The Morgan fingerprint density at radius 2 is 2.12 bits per heavy atom. The second-order valence-electron chi connectivity index (χ2n) is 9.62. The average molecular weight is 358 g/mol. The van der Waals surface area contributed by atoms with Gasteiger partial charge in [0.05, 0.1) is 6.61 Å². The minimum atomic E-state index is 0.0840. The Hall–Kier alpha value is -1.06. The highest BCUT2D eigenvalue weighted by Crippen LogP contribution is 2.66. The fraction of sp³-hybridized carbons (Fsp3) is 0.739. The highest BCUT2D eigenvalue weighted by atomic mass is 16.7. The lowest BCUT2D eigenvalue weighted by Gasteiger charge is -2.48. The molecule has 1 unspecified atom stereocenters. The number of hydrogen-bond acceptors (Lipinski definition) is 3. The van der Waals surface area contributed by atoms with Crippen LogP contribution in [0.3, 0.4) is 0 Å². The molecule has 4 atom stereocenters. The zero-order valence-corrected chi connectivity index (χ0v) is 16.7. The Morgan fingerprint density at radius 3 is 2.92 bits per heavy atom. The van der Waals surface area contributed by atoms with Crippen LogP contribution in [-0.2, 0) is 16.6 Å². The number of nitrogens with two attached hydrogens (primary N) is 1. The summed E-state index contributed by atoms with van der Waals surface area (Å²) in [5.41, 5.74) is 10.3. The lowest BCUT2D eigenvalue weighted by Crippen LogP contribution is -2.54. The van der Waals surface area contributed by atoms with E-state index < -0.39 is 0 Å². The predicted molar refractivity (Wildman–Crippen MR) is 105 cm³/mol. The fourth-order valence-corrected chi connectivity index (χ4v) is 5.65. The van der Waals surface area contributed by atoms with E-state index >= 15 is 0 Å². The number of rotatable bonds is 6. The lowest BCUT2D eigenvalue weighted by molar-refractivity contribution is 0.0105. The van der Waals surface area contributed by atoms with Crippen LogP contribution in [0.15, 0.2) is 18.2 Å². The zero-order valence-electron chi connectivity index (χ0n) is 16.7. The lowest BCUT2D eigenvalue weighted by atomic mass is 9.59. The summed E-state index contributed by atoms with van der Waals surface area (Å²) in [5.74, 6) is 2.45. The Kier molecular flexibility index (Phi) is 4.81. The Balaban J connectivity index is 1.51. The van der Waals surface area contributed by atoms with Gasteiger partial charge in [0.15, 0.2) is 6.79 Å². The van der Waals surface area contributed by atoms with Crippen LogP contribution in [0.25, 0.3) is 0 Å². The molecule has 2 N–H and O–H groups in total. The van der Waals surface area contributed by atoms with Crippen molar-refractivity contribution in [1.82, 2.24) is 0 Å². The maximum absolute atomic E-state index is 6.93. The fourth-order valence-electron chi connectivity index (χ4n) is 5.65. The van der Waals surface area contributed by atoms with Gasteiger partial charge in [-0.1, -0.05) is 39.7 Å². The predicted octanol–water partition coefficient (Wildman–Crippen LogP) is 4.81. The minimum absolute atomic E-state index is 0.0840. The van der Waals surface area contributed by atoms with Crippen LogP contribution in [0.4, 0.5) is 0 Å². The third-order valence-corrected chi connectivity index (χ3v) is 7.45. The molecule has 0 aliphatic heterocycles. The van der Waals surface area contributed by atoms with Crippen molar-refractivity contribution in [2.24, 2.45) is 23.0 Å². The number of hydrogen-bond donors (Lipinski definition) is 1. The monoisotopic (exact) mass is 357 g/mol. The van der Waals surface area contributed by atoms with Crippen LogP contribution in [0.1, 0.15) is 70.4 Å². The molecule has 1 spiro atoms. The summed E-state index contributed by atoms with van der Waals surface area (Å²) in [6, 6.07) is 6.96. The highest BCUT2D eigenvalue weighted by Gasteiger charge is 2.64. The summed E-state index contributed by atoms with van der Waals surface area (Å²) in [6.07, 6.45) is 8.81. The molecule has 1 aromatic rings. The van der Waals surface area contributed by atoms with E-state index in [1.54, 1.807) is 0 Å². The van der Waals surface area contributed by atoms with Crippen LogP contribution in [0, 0.1) is 17.3 Å². The molecule has 0 amide bonds. The normalized spacial score (nSPS) is 35.3. The number of fused-ring (bicyclic) bond motifs is 3. The SMILES string of the molecule is CC(C)CCOCOc1ccc2c(c1)[C@@]1(C)CCCC[C@H]3CC3(C2)[C@@H]1N. The van der Waals surface area contributed by atoms with E-state index in [-0.39, 0.29) is 11.5 Å². The molecule has 2 fully saturated rings. The Labute approximate surface area is 158 Å². The van der Waals surface area contributed by atoms with E-state index in [0.29, 0.717) is 18.1 Å². The molecule has 1 aromatic carbocycles. The maximum atomic E-state index is 6.93. The van der Waals surface area contributed by atoms with Gasteiger partial charge in [-0.3, -0.25) is 0 Å². The smallest absolute Gasteiger partial charge is 0.189 e. The van der Waals surface area contributed by atoms with Crippen molar-refractivity contribution in [3.8, 4) is 5.75 Å². The van der Waals surface area contributed by atoms with Crippen molar-refractivity contribution in [1.29, 1.82) is 0 Å². The van der Waals surface area contributed by atoms with Gasteiger partial charge in [0.25, 0.3) is 0 Å². The summed E-state index contributed by atoms with van der Waals surface area (Å²) < 4.78 is 11.5. The molecule has 3 nitrogen and oxygen atoms in total. The first kappa shape index (κ1) is 18.3. The summed E-state index contributed by atoms with van der Waals surface area (Å²) >= 11 is 0. The number of ether oxygens (including phenoxy) is 2. The minimum Gasteiger partial charge on any atom is -0.468 e. The van der Waals surface area contributed by atoms with Gasteiger partial charge in [-0.05, 0) is 72.6 Å². The molecule has 3 heteroatoms. The molecule has 2 saturated carbocycles. The largest absolute Gasteiger partial charge is 0.468 e. The van der Waals surface area contributed by atoms with Crippen molar-refractivity contribution >= 4 is 0 Å². The molecule has 0 aromatic heterocycles. The van der Waals surface area contributed by atoms with Crippen LogP contribution in [-0.4, -0.2) is 19.4 Å². The zero-order chi connectivity index (χ0) is 18.4. The van der Waals surface area contributed by atoms with E-state index in [1.165, 1.54) is 43.2 Å². The molecule has 0 radical (unpaired) electrons. The molecule has 3 aliphatic carbocycles. The van der Waals surface area contributed by atoms with Crippen molar-refractivity contribution < 1.29 is 9.47 Å². The molecule has 26 heavy (non-hydrogen) atoms. The van der Waals surface area contributed by atoms with Crippen LogP contribution < -0.4 is 10.5 Å². The highest BCUT2D eigenvalue weighted by molar-refractivity contribution is 5.47. The Morgan fingerprint density at radius 1 is 1.27 bits per heavy atom. The van der Waals surface area contributed by atoms with Gasteiger partial charge in [0, 0.05) is 11.5 Å². The maximum Gasteiger partial charge on any atom is 0.189 e. The molecular formula is C23H35NO2. The summed E-state index contributed by atoms with van der Waals surface area (Å²) in [4.78, 5) is 0. The summed E-state index contributed by atoms with van der Waals surface area (Å²) in [6.45, 7) is 7.92. The second-order valence-corrected chi connectivity index (χ2v) is 9.62. The topological polar surface area (TPSA) is 44.5 Å². The van der Waals surface area contributed by atoms with E-state index in [9.17, 15) is 0 Å². The van der Waals surface area contributed by atoms with Gasteiger partial charge < -0.3 is 15.2 Å². The first-order valence-electron chi connectivity index (χ1n) is 10.6. The van der Waals surface area contributed by atoms with Gasteiger partial charge in [0.2, 0.25) is 0 Å². The first-order chi connectivity index (χ1) is 12.5. The van der Waals surface area contributed by atoms with E-state index in [0.717, 1.165) is 31.1 Å². The standard InChI is InChI=1S/C23H35NO2/c1-16(2)9-11-25-15-26-19-8-7-17-13-23-14-18(23)6-4-5-10-22(3,21(23)24)20(17)12-19/h7-8,12,16,18,21H,4-6,9-11,13-15,24H2,1-3H3/t18-,21+,22+,23?/m0/s1. The van der Waals surface area contributed by atoms with Gasteiger partial charge in [-0.25, -0.2) is 0 Å². The quantitative estimate of drug-likeness (QED) is 0.587. The van der Waals surface area contributed by atoms with E-state index in [1.807, 2.05) is 0 Å². The van der Waals surface area contributed by atoms with Crippen molar-refractivity contribution in [3.05, 3.63) is 29.3 Å². The molecule has 2 bridgehead atoms. The van der Waals surface area contributed by atoms with Gasteiger partial charge in [-0.2, -0.15) is 0 Å². The molecule has 0 heterocycles. The third kappa shape index (κ3) is 3.07. The Bertz CT molecular complexity index is 658. The number of benzene rings is 1. The van der Waals surface area contributed by atoms with E-state index in [2.05, 4.69) is 39.0 Å². The van der Waals surface area contributed by atoms with Crippen LogP contribution in [0.2, 0.25) is 0 Å². The molecule has 144 valence electrons. The van der Waals surface area contributed by atoms with Gasteiger partial charge in [-0.15, -0.1) is 0 Å². The summed E-state index contributed by atoms with van der Waals surface area (Å²) in [7, 11) is 0. The molecule has 4 rings (SSSR count). The van der Waals surface area contributed by atoms with Crippen LogP contribution >= 0.6 is 0 Å². The van der Waals surface area contributed by atoms with Gasteiger partial charge in [0.1, 0.15) is 5.75 Å². The molecule has 3 aliphatic rings. The van der Waals surface area contributed by atoms with Crippen molar-refractivity contribution in [2.45, 2.75) is 77.2 Å². The second kappa shape index (κ2) is 6.83. The van der Waals surface area contributed by atoms with E-state index in [4.69, 9.17) is 15.2 Å². The van der Waals surface area contributed by atoms with Crippen molar-refractivity contribution in [2.75, 3.05) is 13.4 Å². The third-order valence-electron chi connectivity index (χ3n) is 7.45. The molecular weight excluding hydrogens is 322 g/mol.